The first kappa shape index (κ1) is 19.4. The zero-order valence-electron chi connectivity index (χ0n) is 16.7. The number of thiophene rings is 1. The smallest absolute Gasteiger partial charge is 0.237 e. The number of thioether (sulfide) groups is 1. The number of amides is 1. The van der Waals surface area contributed by atoms with Crippen molar-refractivity contribution in [1.29, 1.82) is 0 Å². The Morgan fingerprint density at radius 3 is 2.75 bits per heavy atom. The standard InChI is InChI=1S/C22H25N3OS2/c1-12(2)15-8-5-6-10-17(15)25-20(26)13(3)27-21-19-16-9-7-11-18(16)28-22(19)24-14(4)23-21/h5-6,8,10,12-13H,7,9,11H2,1-4H3,(H,25,26)/t13-/m0/s1. The molecular formula is C22H25N3OS2. The molecule has 4 nitrogen and oxygen atoms in total. The lowest BCUT2D eigenvalue weighted by Crippen LogP contribution is -2.23. The highest BCUT2D eigenvalue weighted by Gasteiger charge is 2.25. The molecule has 0 unspecified atom stereocenters. The molecule has 3 aromatic rings. The number of carbonyl (C=O) groups is 1. The van der Waals surface area contributed by atoms with E-state index in [1.54, 1.807) is 23.1 Å². The number of anilines is 1. The van der Waals surface area contributed by atoms with Crippen molar-refractivity contribution in [3.63, 3.8) is 0 Å². The van der Waals surface area contributed by atoms with Crippen LogP contribution in [0.3, 0.4) is 0 Å². The van der Waals surface area contributed by atoms with E-state index in [4.69, 9.17) is 4.98 Å². The molecule has 1 amide bonds. The maximum absolute atomic E-state index is 12.9. The summed E-state index contributed by atoms with van der Waals surface area (Å²) < 4.78 is 0. The molecule has 4 rings (SSSR count). The van der Waals surface area contributed by atoms with Crippen LogP contribution in [0.1, 0.15) is 54.9 Å². The molecule has 1 aliphatic carbocycles. The number of fused-ring (bicyclic) bond motifs is 3. The molecule has 1 atom stereocenters. The number of aryl methyl sites for hydroxylation is 3. The number of hydrogen-bond donors (Lipinski definition) is 1. The molecule has 0 spiro atoms. The third kappa shape index (κ3) is 3.67. The molecular weight excluding hydrogens is 386 g/mol. The lowest BCUT2D eigenvalue weighted by atomic mass is 10.0. The van der Waals surface area contributed by atoms with Crippen LogP contribution in [-0.4, -0.2) is 21.1 Å². The van der Waals surface area contributed by atoms with Crippen molar-refractivity contribution < 1.29 is 4.79 Å². The minimum absolute atomic E-state index is 0.00869. The van der Waals surface area contributed by atoms with E-state index in [2.05, 4.69) is 30.2 Å². The van der Waals surface area contributed by atoms with Crippen LogP contribution in [-0.2, 0) is 17.6 Å². The number of nitrogens with one attached hydrogen (secondary N) is 1. The summed E-state index contributed by atoms with van der Waals surface area (Å²) in [4.78, 5) is 24.8. The van der Waals surface area contributed by atoms with Gasteiger partial charge in [0.2, 0.25) is 5.91 Å². The monoisotopic (exact) mass is 411 g/mol. The van der Waals surface area contributed by atoms with Gasteiger partial charge < -0.3 is 5.32 Å². The van der Waals surface area contributed by atoms with Gasteiger partial charge in [-0.05, 0) is 56.2 Å². The van der Waals surface area contributed by atoms with E-state index >= 15 is 0 Å². The van der Waals surface area contributed by atoms with Gasteiger partial charge in [-0.15, -0.1) is 11.3 Å². The Morgan fingerprint density at radius 2 is 1.96 bits per heavy atom. The lowest BCUT2D eigenvalue weighted by molar-refractivity contribution is -0.115. The Kier molecular flexibility index (Phi) is 5.43. The molecule has 1 aliphatic rings. The van der Waals surface area contributed by atoms with Crippen LogP contribution in [0.15, 0.2) is 29.3 Å². The second-order valence-electron chi connectivity index (χ2n) is 7.60. The molecule has 28 heavy (non-hydrogen) atoms. The highest BCUT2D eigenvalue weighted by molar-refractivity contribution is 8.00. The third-order valence-electron chi connectivity index (χ3n) is 5.14. The minimum Gasteiger partial charge on any atom is -0.325 e. The summed E-state index contributed by atoms with van der Waals surface area (Å²) in [6.45, 7) is 8.16. The quantitative estimate of drug-likeness (QED) is 0.430. The topological polar surface area (TPSA) is 54.9 Å². The van der Waals surface area contributed by atoms with Gasteiger partial charge in [0, 0.05) is 16.0 Å². The molecule has 1 aromatic carbocycles. The summed E-state index contributed by atoms with van der Waals surface area (Å²) in [5, 5.41) is 5.00. The van der Waals surface area contributed by atoms with Crippen LogP contribution < -0.4 is 5.32 Å². The lowest BCUT2D eigenvalue weighted by Gasteiger charge is -2.16. The Bertz CT molecular complexity index is 1040. The maximum atomic E-state index is 12.9. The molecule has 1 N–H and O–H groups in total. The molecule has 0 fully saturated rings. The number of aromatic nitrogens is 2. The minimum atomic E-state index is -0.241. The molecule has 0 aliphatic heterocycles. The van der Waals surface area contributed by atoms with Gasteiger partial charge in [-0.2, -0.15) is 0 Å². The van der Waals surface area contributed by atoms with E-state index in [1.165, 1.54) is 22.2 Å². The molecule has 2 heterocycles. The predicted molar refractivity (Wildman–Crippen MR) is 119 cm³/mol. The summed E-state index contributed by atoms with van der Waals surface area (Å²) in [5.41, 5.74) is 3.46. The molecule has 0 bridgehead atoms. The van der Waals surface area contributed by atoms with Crippen molar-refractivity contribution in [3.8, 4) is 0 Å². The molecule has 6 heteroatoms. The maximum Gasteiger partial charge on any atom is 0.237 e. The van der Waals surface area contributed by atoms with Gasteiger partial charge >= 0.3 is 0 Å². The van der Waals surface area contributed by atoms with Crippen molar-refractivity contribution in [1.82, 2.24) is 9.97 Å². The second-order valence-corrected chi connectivity index (χ2v) is 10.0. The second kappa shape index (κ2) is 7.84. The van der Waals surface area contributed by atoms with Crippen LogP contribution in [0.25, 0.3) is 10.2 Å². The highest BCUT2D eigenvalue weighted by Crippen LogP contribution is 2.41. The van der Waals surface area contributed by atoms with E-state index < -0.39 is 0 Å². The van der Waals surface area contributed by atoms with Gasteiger partial charge in [0.05, 0.1) is 5.25 Å². The van der Waals surface area contributed by atoms with Crippen LogP contribution in [0, 0.1) is 6.92 Å². The van der Waals surface area contributed by atoms with E-state index in [0.29, 0.717) is 5.92 Å². The summed E-state index contributed by atoms with van der Waals surface area (Å²) in [6.07, 6.45) is 3.44. The number of para-hydroxylation sites is 1. The Hall–Kier alpha value is -1.92. The van der Waals surface area contributed by atoms with Gasteiger partial charge in [0.25, 0.3) is 0 Å². The van der Waals surface area contributed by atoms with E-state index in [1.807, 2.05) is 32.0 Å². The fourth-order valence-corrected chi connectivity index (χ4v) is 6.11. The van der Waals surface area contributed by atoms with Crippen molar-refractivity contribution >= 4 is 44.9 Å². The van der Waals surface area contributed by atoms with Crippen LogP contribution >= 0.6 is 23.1 Å². The highest BCUT2D eigenvalue weighted by atomic mass is 32.2. The zero-order chi connectivity index (χ0) is 19.8. The van der Waals surface area contributed by atoms with Crippen LogP contribution in [0.4, 0.5) is 5.69 Å². The molecule has 0 saturated carbocycles. The van der Waals surface area contributed by atoms with Crippen molar-refractivity contribution in [3.05, 3.63) is 46.1 Å². The van der Waals surface area contributed by atoms with Gasteiger partial charge in [-0.3, -0.25) is 4.79 Å². The van der Waals surface area contributed by atoms with Gasteiger partial charge in [0.1, 0.15) is 15.7 Å². The van der Waals surface area contributed by atoms with E-state index in [9.17, 15) is 4.79 Å². The summed E-state index contributed by atoms with van der Waals surface area (Å²) in [7, 11) is 0. The zero-order valence-corrected chi connectivity index (χ0v) is 18.3. The molecule has 2 aromatic heterocycles. The van der Waals surface area contributed by atoms with Crippen LogP contribution in [0.2, 0.25) is 0 Å². The first-order valence-electron chi connectivity index (χ1n) is 9.79. The van der Waals surface area contributed by atoms with E-state index in [-0.39, 0.29) is 11.2 Å². The Balaban J connectivity index is 1.59. The number of carbonyl (C=O) groups excluding carboxylic acids is 1. The summed E-state index contributed by atoms with van der Waals surface area (Å²) >= 11 is 3.34. The van der Waals surface area contributed by atoms with Gasteiger partial charge in [-0.25, -0.2) is 9.97 Å². The van der Waals surface area contributed by atoms with Crippen molar-refractivity contribution in [2.75, 3.05) is 5.32 Å². The fourth-order valence-electron chi connectivity index (χ4n) is 3.72. The van der Waals surface area contributed by atoms with Gasteiger partial charge in [-0.1, -0.05) is 43.8 Å². The van der Waals surface area contributed by atoms with E-state index in [0.717, 1.165) is 39.8 Å². The fraction of sp³-hybridized carbons (Fsp3) is 0.409. The third-order valence-corrected chi connectivity index (χ3v) is 7.41. The number of nitrogens with zero attached hydrogens (tertiary/aromatic N) is 2. The molecule has 146 valence electrons. The summed E-state index contributed by atoms with van der Waals surface area (Å²) in [6, 6.07) is 8.03. The molecule has 0 radical (unpaired) electrons. The Morgan fingerprint density at radius 1 is 1.18 bits per heavy atom. The number of rotatable bonds is 5. The van der Waals surface area contributed by atoms with Gasteiger partial charge in [0.15, 0.2) is 0 Å². The first-order valence-corrected chi connectivity index (χ1v) is 11.5. The van der Waals surface area contributed by atoms with Crippen LogP contribution in [0.5, 0.6) is 0 Å². The largest absolute Gasteiger partial charge is 0.325 e. The first-order chi connectivity index (χ1) is 13.4. The average Bonchev–Trinajstić information content (AvgIpc) is 3.22. The molecule has 0 saturated heterocycles. The predicted octanol–water partition coefficient (Wildman–Crippen LogP) is 5.73. The number of benzene rings is 1. The van der Waals surface area contributed by atoms with Crippen molar-refractivity contribution in [2.45, 2.75) is 63.2 Å². The van der Waals surface area contributed by atoms with Crippen molar-refractivity contribution in [2.24, 2.45) is 0 Å². The Labute approximate surface area is 174 Å². The summed E-state index contributed by atoms with van der Waals surface area (Å²) in [5.74, 6) is 1.14. The number of hydrogen-bond acceptors (Lipinski definition) is 5. The normalized spacial score (nSPS) is 14.5. The SMILES string of the molecule is Cc1nc(S[C@@H](C)C(=O)Nc2ccccc2C(C)C)c2c3c(sc2n1)CCC3. The average molecular weight is 412 g/mol.